The molecule has 0 saturated heterocycles. The van der Waals surface area contributed by atoms with E-state index >= 15 is 0 Å². The Labute approximate surface area is 122 Å². The van der Waals surface area contributed by atoms with Crippen LogP contribution >= 0.6 is 46.6 Å². The van der Waals surface area contributed by atoms with E-state index in [2.05, 4.69) is 5.32 Å². The molecule has 4 nitrogen and oxygen atoms in total. The van der Waals surface area contributed by atoms with Crippen LogP contribution in [-0.2, 0) is 0 Å². The summed E-state index contributed by atoms with van der Waals surface area (Å²) in [6.07, 6.45) is 0. The Morgan fingerprint density at radius 3 is 2.50 bits per heavy atom. The van der Waals surface area contributed by atoms with Crippen LogP contribution < -0.4 is 5.32 Å². The van der Waals surface area contributed by atoms with Gasteiger partial charge in [0.25, 0.3) is 0 Å². The summed E-state index contributed by atoms with van der Waals surface area (Å²) in [6.45, 7) is 0. The highest BCUT2D eigenvalue weighted by molar-refractivity contribution is 8.03. The van der Waals surface area contributed by atoms with E-state index in [1.54, 1.807) is 0 Å². The van der Waals surface area contributed by atoms with Gasteiger partial charge in [-0.05, 0) is 12.1 Å². The number of halogens is 3. The Morgan fingerprint density at radius 1 is 1.28 bits per heavy atom. The fourth-order valence-corrected chi connectivity index (χ4v) is 2.80. The maximum atomic E-state index is 11.0. The number of thioether (sulfide) groups is 1. The molecule has 1 aromatic rings. The molecule has 94 valence electrons. The highest BCUT2D eigenvalue weighted by Gasteiger charge is 2.30. The first-order chi connectivity index (χ1) is 8.50. The molecule has 1 aliphatic heterocycles. The van der Waals surface area contributed by atoms with Gasteiger partial charge < -0.3 is 5.32 Å². The summed E-state index contributed by atoms with van der Waals surface area (Å²) in [6, 6.07) is 7.33. The third-order valence-electron chi connectivity index (χ3n) is 2.12. The molecule has 0 spiro atoms. The normalized spacial score (nSPS) is 15.7. The van der Waals surface area contributed by atoms with E-state index in [9.17, 15) is 10.1 Å². The van der Waals surface area contributed by atoms with Gasteiger partial charge >= 0.3 is 5.70 Å². The van der Waals surface area contributed by atoms with Gasteiger partial charge in [-0.2, -0.15) is 0 Å². The molecule has 1 N–H and O–H groups in total. The SMILES string of the molecule is O=[N+]([O-])/C(C(Cl)=C(Cl)Cl)=C1\Nc2ccccc2S1. The molecule has 0 atom stereocenters. The molecule has 1 aromatic carbocycles. The Kier molecular flexibility index (Phi) is 4.07. The van der Waals surface area contributed by atoms with E-state index in [0.717, 1.165) is 10.6 Å². The maximum Gasteiger partial charge on any atom is 0.320 e. The number of hydrogen-bond acceptors (Lipinski definition) is 4. The van der Waals surface area contributed by atoms with Crippen molar-refractivity contribution in [3.63, 3.8) is 0 Å². The second-order valence-corrected chi connectivity index (χ2v) is 5.61. The molecule has 1 aliphatic rings. The molecule has 8 heteroatoms. The Morgan fingerprint density at radius 2 is 1.94 bits per heavy atom. The second-order valence-electron chi connectivity index (χ2n) is 3.23. The molecule has 0 radical (unpaired) electrons. The maximum absolute atomic E-state index is 11.0. The molecule has 0 aliphatic carbocycles. The lowest BCUT2D eigenvalue weighted by atomic mass is 10.3. The number of nitrogens with zero attached hydrogens (tertiary/aromatic N) is 1. The van der Waals surface area contributed by atoms with Crippen molar-refractivity contribution in [3.8, 4) is 0 Å². The van der Waals surface area contributed by atoms with Crippen molar-refractivity contribution < 1.29 is 4.92 Å². The number of benzene rings is 1. The van der Waals surface area contributed by atoms with Crippen molar-refractivity contribution in [2.24, 2.45) is 0 Å². The predicted octanol–water partition coefficient (Wildman–Crippen LogP) is 4.54. The summed E-state index contributed by atoms with van der Waals surface area (Å²) >= 11 is 18.0. The predicted molar refractivity (Wildman–Crippen MR) is 74.5 cm³/mol. The molecule has 0 bridgehead atoms. The van der Waals surface area contributed by atoms with E-state index in [1.165, 1.54) is 11.8 Å². The molecule has 1 heterocycles. The molecule has 0 unspecified atom stereocenters. The quantitative estimate of drug-likeness (QED) is 0.641. The smallest absolute Gasteiger partial charge is 0.320 e. The van der Waals surface area contributed by atoms with Gasteiger partial charge in [0.1, 0.15) is 4.49 Å². The monoisotopic (exact) mass is 322 g/mol. The average Bonchev–Trinajstić information content (AvgIpc) is 2.71. The van der Waals surface area contributed by atoms with Gasteiger partial charge in [0.15, 0.2) is 10.1 Å². The Hall–Kier alpha value is -0.880. The second kappa shape index (κ2) is 5.40. The van der Waals surface area contributed by atoms with Crippen molar-refractivity contribution in [1.29, 1.82) is 0 Å². The van der Waals surface area contributed by atoms with Crippen LogP contribution in [0.15, 0.2) is 49.4 Å². The minimum absolute atomic E-state index is 0.286. The molecule has 18 heavy (non-hydrogen) atoms. The standard InChI is InChI=1S/C10H5Cl3N2O2S/c11-7(9(12)13)8(15(16)17)10-14-5-3-1-2-4-6(5)18-10/h1-4,14H/b10-8+. The summed E-state index contributed by atoms with van der Waals surface area (Å²) in [5, 5.41) is 14.0. The number of rotatable bonds is 2. The number of allylic oxidation sites excluding steroid dienone is 1. The number of para-hydroxylation sites is 1. The van der Waals surface area contributed by atoms with E-state index in [1.807, 2.05) is 24.3 Å². The molecule has 0 fully saturated rings. The lowest BCUT2D eigenvalue weighted by molar-refractivity contribution is -0.420. The summed E-state index contributed by atoms with van der Waals surface area (Å²) in [5.74, 6) is 0. The van der Waals surface area contributed by atoms with Crippen molar-refractivity contribution in [2.75, 3.05) is 5.32 Å². The number of anilines is 1. The molecule has 0 aromatic heterocycles. The van der Waals surface area contributed by atoms with E-state index in [0.29, 0.717) is 5.03 Å². The highest BCUT2D eigenvalue weighted by Crippen LogP contribution is 2.44. The number of fused-ring (bicyclic) bond motifs is 1. The van der Waals surface area contributed by atoms with E-state index < -0.39 is 4.92 Å². The van der Waals surface area contributed by atoms with Crippen molar-refractivity contribution in [2.45, 2.75) is 4.90 Å². The van der Waals surface area contributed by atoms with Crippen molar-refractivity contribution in [3.05, 3.63) is 54.6 Å². The zero-order valence-corrected chi connectivity index (χ0v) is 11.7. The highest BCUT2D eigenvalue weighted by atomic mass is 35.5. The summed E-state index contributed by atoms with van der Waals surface area (Å²) in [4.78, 5) is 11.3. The van der Waals surface area contributed by atoms with Crippen LogP contribution in [0.3, 0.4) is 0 Å². The van der Waals surface area contributed by atoms with Gasteiger partial charge in [-0.25, -0.2) is 0 Å². The number of nitrogens with one attached hydrogen (secondary N) is 1. The molecule has 0 amide bonds. The van der Waals surface area contributed by atoms with Crippen LogP contribution in [-0.4, -0.2) is 4.92 Å². The van der Waals surface area contributed by atoms with Crippen LogP contribution in [0.4, 0.5) is 5.69 Å². The fourth-order valence-electron chi connectivity index (χ4n) is 1.38. The average molecular weight is 324 g/mol. The first kappa shape index (κ1) is 13.5. The molecule has 0 saturated carbocycles. The molecule has 2 rings (SSSR count). The fraction of sp³-hybridized carbons (Fsp3) is 0. The van der Waals surface area contributed by atoms with Gasteiger partial charge in [0.05, 0.1) is 10.6 Å². The van der Waals surface area contributed by atoms with Gasteiger partial charge in [0.2, 0.25) is 0 Å². The lowest BCUT2D eigenvalue weighted by Gasteiger charge is -2.01. The van der Waals surface area contributed by atoms with Crippen molar-refractivity contribution >= 4 is 52.3 Å². The van der Waals surface area contributed by atoms with Crippen LogP contribution in [0.2, 0.25) is 0 Å². The van der Waals surface area contributed by atoms with Crippen molar-refractivity contribution in [1.82, 2.24) is 0 Å². The van der Waals surface area contributed by atoms with Gasteiger partial charge in [-0.3, -0.25) is 10.1 Å². The Balaban J connectivity index is 2.49. The summed E-state index contributed by atoms with van der Waals surface area (Å²) < 4.78 is -0.339. The van der Waals surface area contributed by atoms with E-state index in [4.69, 9.17) is 34.8 Å². The largest absolute Gasteiger partial charge is 0.343 e. The number of hydrogen-bond donors (Lipinski definition) is 1. The van der Waals surface area contributed by atoms with Gasteiger partial charge in [-0.15, -0.1) is 0 Å². The minimum Gasteiger partial charge on any atom is -0.343 e. The van der Waals surface area contributed by atoms with Crippen LogP contribution in [0, 0.1) is 10.1 Å². The lowest BCUT2D eigenvalue weighted by Crippen LogP contribution is -2.06. The first-order valence-corrected chi connectivity index (χ1v) is 6.59. The molecular weight excluding hydrogens is 319 g/mol. The van der Waals surface area contributed by atoms with Gasteiger partial charge in [-0.1, -0.05) is 58.7 Å². The first-order valence-electron chi connectivity index (χ1n) is 4.64. The zero-order chi connectivity index (χ0) is 13.3. The summed E-state index contributed by atoms with van der Waals surface area (Å²) in [5.41, 5.74) is 0.449. The number of nitro groups is 1. The van der Waals surface area contributed by atoms with Crippen LogP contribution in [0.5, 0.6) is 0 Å². The summed E-state index contributed by atoms with van der Waals surface area (Å²) in [7, 11) is 0. The van der Waals surface area contributed by atoms with Crippen LogP contribution in [0.1, 0.15) is 0 Å². The minimum atomic E-state index is -0.617. The third kappa shape index (κ3) is 2.59. The van der Waals surface area contributed by atoms with Crippen LogP contribution in [0.25, 0.3) is 0 Å². The molecular formula is C10H5Cl3N2O2S. The Bertz CT molecular complexity index is 555. The third-order valence-corrected chi connectivity index (χ3v) is 4.13. The topological polar surface area (TPSA) is 55.2 Å². The zero-order valence-electron chi connectivity index (χ0n) is 8.62. The van der Waals surface area contributed by atoms with Gasteiger partial charge in [0, 0.05) is 4.90 Å². The van der Waals surface area contributed by atoms with E-state index in [-0.39, 0.29) is 15.2 Å².